The van der Waals surface area contributed by atoms with Crippen molar-refractivity contribution in [2.24, 2.45) is 11.1 Å². The van der Waals surface area contributed by atoms with Crippen molar-refractivity contribution in [2.45, 2.75) is 39.7 Å². The fraction of sp³-hybridized carbons (Fsp3) is 0.467. The van der Waals surface area contributed by atoms with Gasteiger partial charge < -0.3 is 5.73 Å². The van der Waals surface area contributed by atoms with Crippen LogP contribution in [-0.2, 0) is 0 Å². The maximum absolute atomic E-state index is 6.19. The van der Waals surface area contributed by atoms with Crippen LogP contribution in [0, 0.1) is 5.41 Å². The first-order valence-corrected chi connectivity index (χ1v) is 6.43. The molecule has 1 unspecified atom stereocenters. The molecule has 1 aromatic heterocycles. The molecule has 0 aliphatic rings. The van der Waals surface area contributed by atoms with Crippen LogP contribution in [0.4, 0.5) is 0 Å². The van der Waals surface area contributed by atoms with Gasteiger partial charge in [0.05, 0.1) is 22.9 Å². The molecule has 0 amide bonds. The fourth-order valence-electron chi connectivity index (χ4n) is 1.89. The fourth-order valence-corrected chi connectivity index (χ4v) is 1.89. The first kappa shape index (κ1) is 13.0. The third kappa shape index (κ3) is 3.26. The number of para-hydroxylation sites is 2. The molecule has 0 saturated heterocycles. The first-order valence-electron chi connectivity index (χ1n) is 6.43. The van der Waals surface area contributed by atoms with Gasteiger partial charge in [0.2, 0.25) is 0 Å². The molecule has 96 valence electrons. The first-order chi connectivity index (χ1) is 8.46. The van der Waals surface area contributed by atoms with Gasteiger partial charge >= 0.3 is 0 Å². The summed E-state index contributed by atoms with van der Waals surface area (Å²) in [5.74, 6) is 0. The zero-order valence-electron chi connectivity index (χ0n) is 11.4. The number of nitrogens with zero attached hydrogens (tertiary/aromatic N) is 2. The molecule has 1 atom stereocenters. The van der Waals surface area contributed by atoms with Gasteiger partial charge in [0, 0.05) is 6.04 Å². The predicted molar refractivity (Wildman–Crippen MR) is 75.2 cm³/mol. The van der Waals surface area contributed by atoms with E-state index in [1.165, 1.54) is 0 Å². The van der Waals surface area contributed by atoms with E-state index in [0.29, 0.717) is 5.41 Å². The van der Waals surface area contributed by atoms with Crippen molar-refractivity contribution in [3.8, 4) is 0 Å². The van der Waals surface area contributed by atoms with Crippen molar-refractivity contribution in [1.82, 2.24) is 9.97 Å². The molecule has 3 nitrogen and oxygen atoms in total. The van der Waals surface area contributed by atoms with E-state index in [1.807, 2.05) is 24.3 Å². The van der Waals surface area contributed by atoms with Gasteiger partial charge in [-0.15, -0.1) is 0 Å². The Hall–Kier alpha value is -1.48. The summed E-state index contributed by atoms with van der Waals surface area (Å²) in [6.45, 7) is 6.68. The van der Waals surface area contributed by atoms with Crippen molar-refractivity contribution < 1.29 is 0 Å². The van der Waals surface area contributed by atoms with Crippen LogP contribution in [-0.4, -0.2) is 9.97 Å². The van der Waals surface area contributed by atoms with E-state index >= 15 is 0 Å². The molecule has 0 radical (unpaired) electrons. The molecule has 3 heteroatoms. The van der Waals surface area contributed by atoms with Gasteiger partial charge in [-0.3, -0.25) is 4.98 Å². The highest BCUT2D eigenvalue weighted by Crippen LogP contribution is 2.25. The van der Waals surface area contributed by atoms with E-state index in [9.17, 15) is 0 Å². The minimum Gasteiger partial charge on any atom is -0.323 e. The highest BCUT2D eigenvalue weighted by atomic mass is 14.8. The zero-order valence-corrected chi connectivity index (χ0v) is 11.4. The third-order valence-electron chi connectivity index (χ3n) is 3.05. The molecule has 2 N–H and O–H groups in total. The monoisotopic (exact) mass is 243 g/mol. The summed E-state index contributed by atoms with van der Waals surface area (Å²) in [5, 5.41) is 0. The van der Waals surface area contributed by atoms with E-state index in [2.05, 4.69) is 30.7 Å². The van der Waals surface area contributed by atoms with Crippen LogP contribution in [0.1, 0.15) is 45.3 Å². The smallest absolute Gasteiger partial charge is 0.0890 e. The number of rotatable bonds is 3. The molecular formula is C15H21N3. The molecule has 0 fully saturated rings. The van der Waals surface area contributed by atoms with E-state index in [4.69, 9.17) is 5.73 Å². The second-order valence-electron chi connectivity index (χ2n) is 5.99. The molecule has 0 aliphatic heterocycles. The van der Waals surface area contributed by atoms with Crippen LogP contribution >= 0.6 is 0 Å². The van der Waals surface area contributed by atoms with E-state index in [1.54, 1.807) is 6.20 Å². The Kier molecular flexibility index (Phi) is 3.62. The summed E-state index contributed by atoms with van der Waals surface area (Å²) in [7, 11) is 0. The van der Waals surface area contributed by atoms with Gasteiger partial charge in [-0.05, 0) is 30.4 Å². The number of benzene rings is 1. The van der Waals surface area contributed by atoms with Gasteiger partial charge in [0.25, 0.3) is 0 Å². The van der Waals surface area contributed by atoms with Crippen molar-refractivity contribution in [2.75, 3.05) is 0 Å². The van der Waals surface area contributed by atoms with E-state index in [-0.39, 0.29) is 6.04 Å². The summed E-state index contributed by atoms with van der Waals surface area (Å²) < 4.78 is 0. The minimum absolute atomic E-state index is 0.0265. The van der Waals surface area contributed by atoms with Crippen LogP contribution in [0.15, 0.2) is 30.5 Å². The molecule has 18 heavy (non-hydrogen) atoms. The molecule has 0 aliphatic carbocycles. The van der Waals surface area contributed by atoms with Gasteiger partial charge in [-0.25, -0.2) is 4.98 Å². The lowest BCUT2D eigenvalue weighted by molar-refractivity contribution is 0.348. The zero-order chi connectivity index (χ0) is 13.2. The van der Waals surface area contributed by atoms with Crippen LogP contribution in [0.5, 0.6) is 0 Å². The lowest BCUT2D eigenvalue weighted by atomic mass is 9.88. The number of hydrogen-bond donors (Lipinski definition) is 1. The van der Waals surface area contributed by atoms with Crippen LogP contribution in [0.3, 0.4) is 0 Å². The number of fused-ring (bicyclic) bond motifs is 1. The summed E-state index contributed by atoms with van der Waals surface area (Å²) in [4.78, 5) is 8.99. The molecule has 1 heterocycles. The molecule has 2 aromatic rings. The van der Waals surface area contributed by atoms with Crippen molar-refractivity contribution in [3.63, 3.8) is 0 Å². The van der Waals surface area contributed by atoms with E-state index < -0.39 is 0 Å². The summed E-state index contributed by atoms with van der Waals surface area (Å²) >= 11 is 0. The topological polar surface area (TPSA) is 51.8 Å². The summed E-state index contributed by atoms with van der Waals surface area (Å²) in [6.07, 6.45) is 3.83. The van der Waals surface area contributed by atoms with Crippen molar-refractivity contribution in [3.05, 3.63) is 36.2 Å². The third-order valence-corrected chi connectivity index (χ3v) is 3.05. The maximum Gasteiger partial charge on any atom is 0.0890 e. The molecule has 0 spiro atoms. The van der Waals surface area contributed by atoms with Crippen LogP contribution < -0.4 is 5.73 Å². The normalized spacial score (nSPS) is 13.8. The van der Waals surface area contributed by atoms with Gasteiger partial charge in [-0.1, -0.05) is 32.9 Å². The average Bonchev–Trinajstić information content (AvgIpc) is 2.34. The number of aromatic nitrogens is 2. The van der Waals surface area contributed by atoms with Gasteiger partial charge in [0.15, 0.2) is 0 Å². The second kappa shape index (κ2) is 5.02. The molecule has 0 bridgehead atoms. The highest BCUT2D eigenvalue weighted by Gasteiger charge is 2.15. The molecule has 0 saturated carbocycles. The SMILES string of the molecule is CC(C)(C)CCC(N)c1cnc2ccccc2n1. The predicted octanol–water partition coefficient (Wildman–Crippen LogP) is 3.46. The van der Waals surface area contributed by atoms with Gasteiger partial charge in [-0.2, -0.15) is 0 Å². The largest absolute Gasteiger partial charge is 0.323 e. The Labute approximate surface area is 108 Å². The number of hydrogen-bond acceptors (Lipinski definition) is 3. The summed E-state index contributed by atoms with van der Waals surface area (Å²) in [5.41, 5.74) is 9.22. The second-order valence-corrected chi connectivity index (χ2v) is 5.99. The summed E-state index contributed by atoms with van der Waals surface area (Å²) in [6, 6.07) is 7.86. The quantitative estimate of drug-likeness (QED) is 0.898. The van der Waals surface area contributed by atoms with Crippen LogP contribution in [0.25, 0.3) is 11.0 Å². The van der Waals surface area contributed by atoms with Crippen molar-refractivity contribution >= 4 is 11.0 Å². The Bertz CT molecular complexity index is 528. The minimum atomic E-state index is -0.0265. The van der Waals surface area contributed by atoms with Crippen LogP contribution in [0.2, 0.25) is 0 Å². The Morgan fingerprint density at radius 3 is 2.50 bits per heavy atom. The molecular weight excluding hydrogens is 222 g/mol. The standard InChI is InChI=1S/C15H21N3/c1-15(2,3)9-8-11(16)14-10-17-12-6-4-5-7-13(12)18-14/h4-7,10-11H,8-9,16H2,1-3H3. The van der Waals surface area contributed by atoms with Crippen molar-refractivity contribution in [1.29, 1.82) is 0 Å². The lowest BCUT2D eigenvalue weighted by Crippen LogP contribution is -2.16. The highest BCUT2D eigenvalue weighted by molar-refractivity contribution is 5.73. The van der Waals surface area contributed by atoms with Gasteiger partial charge in [0.1, 0.15) is 0 Å². The Morgan fingerprint density at radius 1 is 1.17 bits per heavy atom. The Morgan fingerprint density at radius 2 is 1.83 bits per heavy atom. The Balaban J connectivity index is 2.15. The van der Waals surface area contributed by atoms with E-state index in [0.717, 1.165) is 29.6 Å². The number of nitrogens with two attached hydrogens (primary N) is 1. The maximum atomic E-state index is 6.19. The molecule has 2 rings (SSSR count). The molecule has 1 aromatic carbocycles. The lowest BCUT2D eigenvalue weighted by Gasteiger charge is -2.20. The average molecular weight is 243 g/mol.